The fourth-order valence-electron chi connectivity index (χ4n) is 4.91. The molecule has 0 N–H and O–H groups in total. The maximum atomic E-state index is 12.6. The van der Waals surface area contributed by atoms with Gasteiger partial charge in [0.2, 0.25) is 5.91 Å². The van der Waals surface area contributed by atoms with Crippen LogP contribution < -0.4 is 4.74 Å². The van der Waals surface area contributed by atoms with Crippen LogP contribution in [0.2, 0.25) is 0 Å². The van der Waals surface area contributed by atoms with E-state index >= 15 is 0 Å². The van der Waals surface area contributed by atoms with E-state index in [4.69, 9.17) is 9.72 Å². The lowest BCUT2D eigenvalue weighted by Crippen LogP contribution is -2.35. The number of carbonyl (C=O) groups is 1. The Morgan fingerprint density at radius 1 is 1.03 bits per heavy atom. The molecule has 3 aromatic rings. The van der Waals surface area contributed by atoms with Crippen LogP contribution in [0.25, 0.3) is 0 Å². The van der Waals surface area contributed by atoms with E-state index in [1.165, 1.54) is 5.56 Å². The third kappa shape index (κ3) is 5.79. The number of para-hydroxylation sites is 1. The van der Waals surface area contributed by atoms with Gasteiger partial charge < -0.3 is 9.64 Å². The maximum absolute atomic E-state index is 12.6. The van der Waals surface area contributed by atoms with Crippen LogP contribution in [0.1, 0.15) is 35.4 Å². The van der Waals surface area contributed by atoms with E-state index in [-0.39, 0.29) is 11.8 Å². The molecule has 5 heteroatoms. The standard InChI is InChI=1S/C28H33N3O2/c1-21-10-9-13-25(29-21)19-30-17-24(27(20-30)26-14-7-8-15-28(26)33-3)18-31(22(2)32)16-23-11-5-4-6-12-23/h4-15,24,27H,16-20H2,1-3H3. The van der Waals surface area contributed by atoms with Crippen molar-refractivity contribution in [3.63, 3.8) is 0 Å². The number of benzene rings is 2. The lowest BCUT2D eigenvalue weighted by Gasteiger charge is -2.28. The molecule has 1 amide bonds. The van der Waals surface area contributed by atoms with Crippen LogP contribution >= 0.6 is 0 Å². The number of aryl methyl sites for hydroxylation is 1. The van der Waals surface area contributed by atoms with Crippen LogP contribution in [0.15, 0.2) is 72.8 Å². The lowest BCUT2D eigenvalue weighted by molar-refractivity contribution is -0.130. The van der Waals surface area contributed by atoms with E-state index in [1.807, 2.05) is 48.2 Å². The molecule has 33 heavy (non-hydrogen) atoms. The number of aromatic nitrogens is 1. The molecule has 0 radical (unpaired) electrons. The first kappa shape index (κ1) is 23.0. The predicted molar refractivity (Wildman–Crippen MR) is 131 cm³/mol. The molecule has 0 bridgehead atoms. The van der Waals surface area contributed by atoms with Crippen LogP contribution in [-0.2, 0) is 17.9 Å². The molecule has 172 valence electrons. The van der Waals surface area contributed by atoms with Gasteiger partial charge >= 0.3 is 0 Å². The molecule has 4 rings (SSSR count). The third-order valence-corrected chi connectivity index (χ3v) is 6.50. The van der Waals surface area contributed by atoms with Crippen molar-refractivity contribution in [1.29, 1.82) is 0 Å². The molecule has 2 heterocycles. The molecule has 1 aliphatic rings. The smallest absolute Gasteiger partial charge is 0.219 e. The molecule has 0 spiro atoms. The number of amides is 1. The molecular formula is C28H33N3O2. The molecule has 2 unspecified atom stereocenters. The fourth-order valence-corrected chi connectivity index (χ4v) is 4.91. The monoisotopic (exact) mass is 443 g/mol. The Hall–Kier alpha value is -3.18. The summed E-state index contributed by atoms with van der Waals surface area (Å²) >= 11 is 0. The molecular weight excluding hydrogens is 410 g/mol. The zero-order chi connectivity index (χ0) is 23.2. The Bertz CT molecular complexity index is 1070. The number of methoxy groups -OCH3 is 1. The molecule has 1 saturated heterocycles. The van der Waals surface area contributed by atoms with Crippen molar-refractivity contribution in [3.05, 3.63) is 95.3 Å². The minimum absolute atomic E-state index is 0.108. The van der Waals surface area contributed by atoms with Crippen molar-refractivity contribution in [2.75, 3.05) is 26.7 Å². The number of likely N-dealkylation sites (tertiary alicyclic amines) is 1. The fraction of sp³-hybridized carbons (Fsp3) is 0.357. The van der Waals surface area contributed by atoms with Gasteiger partial charge in [0.15, 0.2) is 0 Å². The van der Waals surface area contributed by atoms with Crippen LogP contribution in [-0.4, -0.2) is 47.4 Å². The first-order valence-corrected chi connectivity index (χ1v) is 11.6. The summed E-state index contributed by atoms with van der Waals surface area (Å²) in [5.74, 6) is 1.61. The SMILES string of the molecule is COc1ccccc1C1CN(Cc2cccc(C)n2)CC1CN(Cc1ccccc1)C(C)=O. The zero-order valence-corrected chi connectivity index (χ0v) is 19.8. The van der Waals surface area contributed by atoms with E-state index in [0.29, 0.717) is 19.0 Å². The van der Waals surface area contributed by atoms with Gasteiger partial charge in [0, 0.05) is 51.3 Å². The summed E-state index contributed by atoms with van der Waals surface area (Å²) in [6.07, 6.45) is 0. The summed E-state index contributed by atoms with van der Waals surface area (Å²) in [6, 6.07) is 24.7. The van der Waals surface area contributed by atoms with Gasteiger partial charge in [0.1, 0.15) is 5.75 Å². The summed E-state index contributed by atoms with van der Waals surface area (Å²) in [5, 5.41) is 0. The van der Waals surface area contributed by atoms with Crippen LogP contribution in [0.5, 0.6) is 5.75 Å². The Balaban J connectivity index is 1.58. The van der Waals surface area contributed by atoms with Crippen molar-refractivity contribution in [3.8, 4) is 5.75 Å². The largest absolute Gasteiger partial charge is 0.496 e. The van der Waals surface area contributed by atoms with E-state index in [1.54, 1.807) is 14.0 Å². The van der Waals surface area contributed by atoms with E-state index in [9.17, 15) is 4.79 Å². The van der Waals surface area contributed by atoms with Crippen LogP contribution in [0.3, 0.4) is 0 Å². The van der Waals surface area contributed by atoms with Gasteiger partial charge in [-0.1, -0.05) is 54.6 Å². The maximum Gasteiger partial charge on any atom is 0.219 e. The Morgan fingerprint density at radius 2 is 1.79 bits per heavy atom. The summed E-state index contributed by atoms with van der Waals surface area (Å²) in [7, 11) is 1.73. The van der Waals surface area contributed by atoms with E-state index in [0.717, 1.165) is 42.3 Å². The number of ether oxygens (including phenoxy) is 1. The van der Waals surface area contributed by atoms with Gasteiger partial charge in [-0.25, -0.2) is 0 Å². The van der Waals surface area contributed by atoms with E-state index in [2.05, 4.69) is 41.3 Å². The minimum atomic E-state index is 0.108. The molecule has 0 saturated carbocycles. The average Bonchev–Trinajstić information content (AvgIpc) is 3.21. The quantitative estimate of drug-likeness (QED) is 0.508. The highest BCUT2D eigenvalue weighted by atomic mass is 16.5. The molecule has 2 atom stereocenters. The van der Waals surface area contributed by atoms with Gasteiger partial charge in [0.25, 0.3) is 0 Å². The van der Waals surface area contributed by atoms with E-state index < -0.39 is 0 Å². The minimum Gasteiger partial charge on any atom is -0.496 e. The second kappa shape index (κ2) is 10.6. The number of hydrogen-bond donors (Lipinski definition) is 0. The predicted octanol–water partition coefficient (Wildman–Crippen LogP) is 4.66. The zero-order valence-electron chi connectivity index (χ0n) is 19.8. The number of pyridine rings is 1. The van der Waals surface area contributed by atoms with Gasteiger partial charge in [0.05, 0.1) is 12.8 Å². The molecule has 1 aliphatic heterocycles. The first-order valence-electron chi connectivity index (χ1n) is 11.6. The van der Waals surface area contributed by atoms with Crippen molar-refractivity contribution in [1.82, 2.24) is 14.8 Å². The Labute approximate surface area is 197 Å². The summed E-state index contributed by atoms with van der Waals surface area (Å²) in [4.78, 5) is 21.7. The van der Waals surface area contributed by atoms with Gasteiger partial charge in [-0.2, -0.15) is 0 Å². The van der Waals surface area contributed by atoms with Crippen molar-refractivity contribution in [2.45, 2.75) is 32.9 Å². The van der Waals surface area contributed by atoms with Crippen LogP contribution in [0, 0.1) is 12.8 Å². The number of carbonyl (C=O) groups excluding carboxylic acids is 1. The molecule has 1 aromatic heterocycles. The third-order valence-electron chi connectivity index (χ3n) is 6.50. The lowest BCUT2D eigenvalue weighted by atomic mass is 9.87. The second-order valence-electron chi connectivity index (χ2n) is 8.96. The average molecular weight is 444 g/mol. The van der Waals surface area contributed by atoms with Crippen molar-refractivity contribution >= 4 is 5.91 Å². The number of hydrogen-bond acceptors (Lipinski definition) is 4. The first-order chi connectivity index (χ1) is 16.0. The highest BCUT2D eigenvalue weighted by Crippen LogP contribution is 2.38. The normalized spacial score (nSPS) is 18.3. The topological polar surface area (TPSA) is 45.7 Å². The summed E-state index contributed by atoms with van der Waals surface area (Å²) in [6.45, 7) is 7.68. The number of nitrogens with zero attached hydrogens (tertiary/aromatic N) is 3. The summed E-state index contributed by atoms with van der Waals surface area (Å²) < 4.78 is 5.71. The van der Waals surface area contributed by atoms with Gasteiger partial charge in [-0.05, 0) is 42.2 Å². The second-order valence-corrected chi connectivity index (χ2v) is 8.96. The van der Waals surface area contributed by atoms with Gasteiger partial charge in [-0.3, -0.25) is 14.7 Å². The Morgan fingerprint density at radius 3 is 2.52 bits per heavy atom. The van der Waals surface area contributed by atoms with Gasteiger partial charge in [-0.15, -0.1) is 0 Å². The van der Waals surface area contributed by atoms with Crippen LogP contribution in [0.4, 0.5) is 0 Å². The van der Waals surface area contributed by atoms with Crippen molar-refractivity contribution < 1.29 is 9.53 Å². The summed E-state index contributed by atoms with van der Waals surface area (Å²) in [5.41, 5.74) is 4.49. The molecule has 0 aliphatic carbocycles. The number of rotatable bonds is 8. The highest BCUT2D eigenvalue weighted by Gasteiger charge is 2.36. The molecule has 1 fully saturated rings. The Kier molecular flexibility index (Phi) is 7.40. The molecule has 2 aromatic carbocycles. The highest BCUT2D eigenvalue weighted by molar-refractivity contribution is 5.73. The molecule has 5 nitrogen and oxygen atoms in total. The van der Waals surface area contributed by atoms with Crippen molar-refractivity contribution in [2.24, 2.45) is 5.92 Å².